The first kappa shape index (κ1) is 29.3. The van der Waals surface area contributed by atoms with Crippen molar-refractivity contribution in [1.29, 1.82) is 0 Å². The molecule has 3 aromatic carbocycles. The monoisotopic (exact) mass is 669 g/mol. The van der Waals surface area contributed by atoms with Gasteiger partial charge in [0, 0.05) is 24.2 Å². The lowest BCUT2D eigenvalue weighted by atomic mass is 9.70. The fourth-order valence-corrected chi connectivity index (χ4v) is 9.41. The molecule has 250 valence electrons. The number of aromatic nitrogens is 3. The van der Waals surface area contributed by atoms with Crippen LogP contribution in [-0.2, 0) is 31.3 Å². The molecule has 4 aliphatic heterocycles. The number of H-pyrrole nitrogens is 1. The number of benzene rings is 3. The lowest BCUT2D eigenvalue weighted by molar-refractivity contribution is 0.0636. The first-order valence-electron chi connectivity index (χ1n) is 17.1. The van der Waals surface area contributed by atoms with E-state index < -0.39 is 11.3 Å². The number of carbonyl (C=O) groups is 2. The van der Waals surface area contributed by atoms with Gasteiger partial charge in [-0.2, -0.15) is 0 Å². The van der Waals surface area contributed by atoms with E-state index in [2.05, 4.69) is 16.3 Å². The predicted molar refractivity (Wildman–Crippen MR) is 179 cm³/mol. The Labute approximate surface area is 285 Å². The molecule has 50 heavy (non-hydrogen) atoms. The lowest BCUT2D eigenvalue weighted by Gasteiger charge is -2.37. The van der Waals surface area contributed by atoms with Crippen molar-refractivity contribution < 1.29 is 23.1 Å². The number of aromatic amines is 1. The Morgan fingerprint density at radius 1 is 1.00 bits per heavy atom. The number of hydrogen-bond acceptors (Lipinski definition) is 7. The molecule has 5 aromatic rings. The lowest BCUT2D eigenvalue weighted by Crippen LogP contribution is -2.40. The Hall–Kier alpha value is -5.58. The number of rotatable bonds is 7. The number of nitrogens with one attached hydrogen (secondary N) is 1. The van der Waals surface area contributed by atoms with Gasteiger partial charge in [-0.1, -0.05) is 30.3 Å². The van der Waals surface area contributed by atoms with Crippen molar-refractivity contribution in [2.24, 2.45) is 5.92 Å². The van der Waals surface area contributed by atoms with Crippen LogP contribution in [-0.4, -0.2) is 50.5 Å². The van der Waals surface area contributed by atoms with Crippen LogP contribution in [0.25, 0.3) is 22.6 Å². The number of fused-ring (bicyclic) bond motifs is 3. The van der Waals surface area contributed by atoms with Gasteiger partial charge < -0.3 is 19.0 Å². The molecular formula is C39H32FN5O5. The van der Waals surface area contributed by atoms with Gasteiger partial charge in [-0.05, 0) is 103 Å². The van der Waals surface area contributed by atoms with E-state index in [0.717, 1.165) is 64.9 Å². The standard InChI is InChI=1S/C39H32FN5O5/c1-49-30-4-2-3-26-27(30)12-14-29(26)44-19-23-15-22(8-11-25(23)36(44)46)31-32(35-42-43-38(48)50-35)28(13-7-20-5-9-24(40)10-6-20)41-34-33(31)37(47)45-18-21-16-39(34,45)17-21/h2-6,8-11,15,21,29H,7,12-14,16-19H2,1H3,(H,43,48)/t21?,29-,39?/m1/s1. The minimum Gasteiger partial charge on any atom is -0.496 e. The van der Waals surface area contributed by atoms with E-state index >= 15 is 0 Å². The summed E-state index contributed by atoms with van der Waals surface area (Å²) in [6.07, 6.45) is 4.36. The minimum absolute atomic E-state index is 0.0261. The Bertz CT molecular complexity index is 2340. The molecule has 2 aliphatic carbocycles. The van der Waals surface area contributed by atoms with Crippen LogP contribution in [0, 0.1) is 11.7 Å². The third-order valence-corrected chi connectivity index (χ3v) is 11.6. The molecular weight excluding hydrogens is 637 g/mol. The van der Waals surface area contributed by atoms with Gasteiger partial charge in [0.25, 0.3) is 17.7 Å². The zero-order chi connectivity index (χ0) is 33.9. The summed E-state index contributed by atoms with van der Waals surface area (Å²) in [6.45, 7) is 1.11. The van der Waals surface area contributed by atoms with E-state index in [1.54, 1.807) is 19.2 Å². The predicted octanol–water partition coefficient (Wildman–Crippen LogP) is 5.74. The zero-order valence-electron chi connectivity index (χ0n) is 27.3. The van der Waals surface area contributed by atoms with Crippen molar-refractivity contribution in [3.8, 4) is 28.3 Å². The normalized spacial score (nSPS) is 22.4. The van der Waals surface area contributed by atoms with Crippen molar-refractivity contribution in [2.45, 2.75) is 56.7 Å². The van der Waals surface area contributed by atoms with E-state index in [9.17, 15) is 18.8 Å². The molecule has 0 radical (unpaired) electrons. The van der Waals surface area contributed by atoms with Crippen molar-refractivity contribution in [2.75, 3.05) is 13.7 Å². The van der Waals surface area contributed by atoms with Crippen molar-refractivity contribution in [1.82, 2.24) is 25.0 Å². The Balaban J connectivity index is 1.12. The van der Waals surface area contributed by atoms with Crippen molar-refractivity contribution >= 4 is 11.8 Å². The SMILES string of the molecule is COc1cccc2c1CC[C@H]2N1Cc2cc(-c3c4c(nc(CCc5ccc(F)cc5)c3-c3n[nH]c(=O)o3)C35CC(CN3C4=O)C5)ccc2C1=O. The molecule has 10 nitrogen and oxygen atoms in total. The van der Waals surface area contributed by atoms with Crippen LogP contribution in [0.15, 0.2) is 69.9 Å². The van der Waals surface area contributed by atoms with E-state index in [1.807, 2.05) is 40.1 Å². The quantitative estimate of drug-likeness (QED) is 0.235. The van der Waals surface area contributed by atoms with Crippen LogP contribution in [0.3, 0.4) is 0 Å². The first-order chi connectivity index (χ1) is 24.3. The summed E-state index contributed by atoms with van der Waals surface area (Å²) in [5.41, 5.74) is 7.97. The van der Waals surface area contributed by atoms with Gasteiger partial charge in [0.1, 0.15) is 11.6 Å². The number of pyridine rings is 1. The Morgan fingerprint density at radius 2 is 1.84 bits per heavy atom. The third kappa shape index (κ3) is 4.03. The molecule has 2 amide bonds. The maximum Gasteiger partial charge on any atom is 0.434 e. The molecule has 2 saturated heterocycles. The third-order valence-electron chi connectivity index (χ3n) is 11.6. The van der Waals surface area contributed by atoms with Crippen LogP contribution in [0.2, 0.25) is 0 Å². The first-order valence-corrected chi connectivity index (χ1v) is 17.1. The summed E-state index contributed by atoms with van der Waals surface area (Å²) in [5, 5.41) is 6.63. The number of nitrogens with zero attached hydrogens (tertiary/aromatic N) is 4. The van der Waals surface area contributed by atoms with Gasteiger partial charge >= 0.3 is 5.76 Å². The molecule has 1 N–H and O–H groups in total. The highest BCUT2D eigenvalue weighted by atomic mass is 19.1. The fraction of sp³-hybridized carbons (Fsp3) is 0.308. The average Bonchev–Trinajstić information content (AvgIpc) is 3.96. The van der Waals surface area contributed by atoms with Crippen LogP contribution in [0.4, 0.5) is 4.39 Å². The molecule has 0 unspecified atom stereocenters. The minimum atomic E-state index is -0.716. The van der Waals surface area contributed by atoms with Crippen LogP contribution >= 0.6 is 0 Å². The van der Waals surface area contributed by atoms with E-state index in [4.69, 9.17) is 14.1 Å². The van der Waals surface area contributed by atoms with Gasteiger partial charge in [-0.25, -0.2) is 14.3 Å². The number of amides is 2. The van der Waals surface area contributed by atoms with Gasteiger partial charge in [0.05, 0.1) is 41.2 Å². The molecule has 11 rings (SSSR count). The van der Waals surface area contributed by atoms with Crippen molar-refractivity contribution in [3.05, 3.63) is 122 Å². The highest BCUT2D eigenvalue weighted by Gasteiger charge is 2.65. The molecule has 6 aliphatic rings. The molecule has 1 saturated carbocycles. The van der Waals surface area contributed by atoms with E-state index in [1.165, 1.54) is 12.1 Å². The van der Waals surface area contributed by atoms with Crippen LogP contribution in [0.1, 0.15) is 79.7 Å². The number of hydrogen-bond donors (Lipinski definition) is 1. The molecule has 2 bridgehead atoms. The number of halogens is 1. The van der Waals surface area contributed by atoms with Gasteiger partial charge in [-0.3, -0.25) is 14.6 Å². The van der Waals surface area contributed by atoms with Gasteiger partial charge in [-0.15, -0.1) is 5.10 Å². The second-order valence-electron chi connectivity index (χ2n) is 14.2. The summed E-state index contributed by atoms with van der Waals surface area (Å²) in [7, 11) is 1.67. The second kappa shape index (κ2) is 10.5. The topological polar surface area (TPSA) is 122 Å². The maximum atomic E-state index is 14.4. The Kier molecular flexibility index (Phi) is 6.14. The fourth-order valence-electron chi connectivity index (χ4n) is 9.41. The number of carbonyl (C=O) groups excluding carboxylic acids is 2. The number of aryl methyl sites for hydroxylation is 2. The number of methoxy groups -OCH3 is 1. The molecule has 3 fully saturated rings. The zero-order valence-corrected chi connectivity index (χ0v) is 27.3. The summed E-state index contributed by atoms with van der Waals surface area (Å²) in [6, 6.07) is 18.0. The molecule has 1 spiro atoms. The smallest absolute Gasteiger partial charge is 0.434 e. The van der Waals surface area contributed by atoms with E-state index in [0.29, 0.717) is 59.8 Å². The molecule has 1 atom stereocenters. The largest absolute Gasteiger partial charge is 0.496 e. The number of ether oxygens (including phenoxy) is 1. The van der Waals surface area contributed by atoms with Crippen LogP contribution in [0.5, 0.6) is 5.75 Å². The second-order valence-corrected chi connectivity index (χ2v) is 14.2. The molecule has 2 aromatic heterocycles. The van der Waals surface area contributed by atoms with Crippen LogP contribution < -0.4 is 10.5 Å². The molecule has 6 heterocycles. The van der Waals surface area contributed by atoms with Gasteiger partial charge in [0.15, 0.2) is 0 Å². The Morgan fingerprint density at radius 3 is 2.62 bits per heavy atom. The highest BCUT2D eigenvalue weighted by Crippen LogP contribution is 2.62. The summed E-state index contributed by atoms with van der Waals surface area (Å²) < 4.78 is 25.0. The highest BCUT2D eigenvalue weighted by molar-refractivity contribution is 6.09. The summed E-state index contributed by atoms with van der Waals surface area (Å²) in [5.74, 6) is 0.220. The average molecular weight is 670 g/mol. The van der Waals surface area contributed by atoms with Crippen molar-refractivity contribution in [3.63, 3.8) is 0 Å². The summed E-state index contributed by atoms with van der Waals surface area (Å²) in [4.78, 5) is 49.8. The maximum absolute atomic E-state index is 14.4. The van der Waals surface area contributed by atoms with E-state index in [-0.39, 0.29) is 29.6 Å². The van der Waals surface area contributed by atoms with Gasteiger partial charge in [0.2, 0.25) is 0 Å². The summed E-state index contributed by atoms with van der Waals surface area (Å²) >= 11 is 0. The molecule has 11 heteroatoms.